The summed E-state index contributed by atoms with van der Waals surface area (Å²) < 4.78 is 0. The van der Waals surface area contributed by atoms with Crippen molar-refractivity contribution in [1.82, 2.24) is 20.2 Å². The molecular formula is C8H10N6. The Morgan fingerprint density at radius 1 is 1.29 bits per heavy atom. The van der Waals surface area contributed by atoms with Crippen LogP contribution in [-0.4, -0.2) is 20.2 Å². The third-order valence-corrected chi connectivity index (χ3v) is 1.73. The van der Waals surface area contributed by atoms with Crippen molar-refractivity contribution in [2.45, 2.75) is 6.54 Å². The second-order valence-electron chi connectivity index (χ2n) is 2.73. The number of nitrogen functional groups attached to an aromatic ring is 1. The average Bonchev–Trinajstić information content (AvgIpc) is 2.69. The second kappa shape index (κ2) is 3.73. The summed E-state index contributed by atoms with van der Waals surface area (Å²) in [7, 11) is 0. The summed E-state index contributed by atoms with van der Waals surface area (Å²) in [6, 6.07) is 1.87. The molecule has 0 saturated carbocycles. The number of nitrogens with two attached hydrogens (primary N) is 1. The van der Waals surface area contributed by atoms with Gasteiger partial charge in [0, 0.05) is 18.6 Å². The van der Waals surface area contributed by atoms with Crippen LogP contribution in [0.1, 0.15) is 5.69 Å². The van der Waals surface area contributed by atoms with E-state index in [0.29, 0.717) is 18.2 Å². The van der Waals surface area contributed by atoms with Crippen molar-refractivity contribution >= 4 is 11.6 Å². The summed E-state index contributed by atoms with van der Waals surface area (Å²) >= 11 is 0. The van der Waals surface area contributed by atoms with Gasteiger partial charge in [0.15, 0.2) is 11.6 Å². The van der Waals surface area contributed by atoms with Gasteiger partial charge in [-0.05, 0) is 6.07 Å². The quantitative estimate of drug-likeness (QED) is 0.651. The van der Waals surface area contributed by atoms with Crippen LogP contribution in [0.15, 0.2) is 24.7 Å². The van der Waals surface area contributed by atoms with Gasteiger partial charge in [-0.3, -0.25) is 5.10 Å². The largest absolute Gasteiger partial charge is 0.381 e. The van der Waals surface area contributed by atoms with E-state index < -0.39 is 0 Å². The lowest BCUT2D eigenvalue weighted by atomic mass is 10.4. The minimum absolute atomic E-state index is 0.395. The Labute approximate surface area is 80.6 Å². The van der Waals surface area contributed by atoms with Gasteiger partial charge in [0.05, 0.1) is 12.2 Å². The number of anilines is 2. The lowest BCUT2D eigenvalue weighted by Crippen LogP contribution is -2.05. The summed E-state index contributed by atoms with van der Waals surface area (Å²) in [4.78, 5) is 7.95. The summed E-state index contributed by atoms with van der Waals surface area (Å²) in [6.45, 7) is 0.600. The lowest BCUT2D eigenvalue weighted by molar-refractivity contribution is 0.972. The summed E-state index contributed by atoms with van der Waals surface area (Å²) in [6.07, 6.45) is 4.83. The van der Waals surface area contributed by atoms with Crippen LogP contribution in [0.5, 0.6) is 0 Å². The van der Waals surface area contributed by atoms with Crippen LogP contribution in [-0.2, 0) is 6.54 Å². The van der Waals surface area contributed by atoms with Crippen LogP contribution in [0.4, 0.5) is 11.6 Å². The third-order valence-electron chi connectivity index (χ3n) is 1.73. The van der Waals surface area contributed by atoms with Crippen molar-refractivity contribution in [3.8, 4) is 0 Å². The zero-order valence-electron chi connectivity index (χ0n) is 7.44. The first kappa shape index (κ1) is 8.49. The molecule has 0 aromatic carbocycles. The minimum atomic E-state index is 0.395. The highest BCUT2D eigenvalue weighted by Crippen LogP contribution is 2.10. The van der Waals surface area contributed by atoms with Crippen molar-refractivity contribution in [2.24, 2.45) is 0 Å². The van der Waals surface area contributed by atoms with Gasteiger partial charge in [0.25, 0.3) is 0 Å². The van der Waals surface area contributed by atoms with Crippen LogP contribution >= 0.6 is 0 Å². The number of nitrogens with zero attached hydrogens (tertiary/aromatic N) is 3. The molecule has 2 heterocycles. The van der Waals surface area contributed by atoms with E-state index in [0.717, 1.165) is 5.69 Å². The van der Waals surface area contributed by atoms with E-state index in [4.69, 9.17) is 5.73 Å². The van der Waals surface area contributed by atoms with Gasteiger partial charge in [0.1, 0.15) is 0 Å². The smallest absolute Gasteiger partial charge is 0.169 e. The average molecular weight is 190 g/mol. The normalized spacial score (nSPS) is 10.0. The summed E-state index contributed by atoms with van der Waals surface area (Å²) in [5, 5.41) is 9.70. The molecule has 2 aromatic rings. The molecule has 72 valence electrons. The molecule has 2 rings (SSSR count). The molecule has 0 aliphatic rings. The Balaban J connectivity index is 2.02. The highest BCUT2D eigenvalue weighted by molar-refractivity contribution is 5.54. The van der Waals surface area contributed by atoms with E-state index >= 15 is 0 Å². The van der Waals surface area contributed by atoms with Crippen LogP contribution in [0.2, 0.25) is 0 Å². The molecule has 0 bridgehead atoms. The number of nitrogens with one attached hydrogen (secondary N) is 2. The van der Waals surface area contributed by atoms with E-state index in [-0.39, 0.29) is 0 Å². The molecule has 14 heavy (non-hydrogen) atoms. The molecular weight excluding hydrogens is 180 g/mol. The number of aromatic amines is 1. The molecule has 0 atom stereocenters. The Morgan fingerprint density at radius 3 is 2.86 bits per heavy atom. The zero-order chi connectivity index (χ0) is 9.80. The Hall–Kier alpha value is -2.11. The first-order valence-electron chi connectivity index (χ1n) is 4.15. The van der Waals surface area contributed by atoms with Crippen LogP contribution in [0.25, 0.3) is 0 Å². The molecule has 0 aliphatic carbocycles. The molecule has 0 fully saturated rings. The van der Waals surface area contributed by atoms with Crippen LogP contribution in [0.3, 0.4) is 0 Å². The monoisotopic (exact) mass is 190 g/mol. The Kier molecular flexibility index (Phi) is 2.26. The number of H-pyrrole nitrogens is 1. The van der Waals surface area contributed by atoms with Gasteiger partial charge in [-0.15, -0.1) is 0 Å². The minimum Gasteiger partial charge on any atom is -0.381 e. The Morgan fingerprint density at radius 2 is 2.14 bits per heavy atom. The summed E-state index contributed by atoms with van der Waals surface area (Å²) in [5.74, 6) is 0.981. The lowest BCUT2D eigenvalue weighted by Gasteiger charge is -2.04. The predicted molar refractivity (Wildman–Crippen MR) is 52.4 cm³/mol. The predicted octanol–water partition coefficient (Wildman–Crippen LogP) is 0.394. The first-order chi connectivity index (χ1) is 6.86. The number of hydrogen-bond donors (Lipinski definition) is 3. The van der Waals surface area contributed by atoms with Crippen molar-refractivity contribution in [3.63, 3.8) is 0 Å². The standard InChI is InChI=1S/C8H10N6/c9-7-8(11-4-3-10-7)12-5-6-1-2-13-14-6/h1-4H,5H2,(H2,9,10)(H,11,12)(H,13,14). The fourth-order valence-corrected chi connectivity index (χ4v) is 1.05. The molecule has 0 amide bonds. The van der Waals surface area contributed by atoms with Gasteiger partial charge in [-0.1, -0.05) is 0 Å². The second-order valence-corrected chi connectivity index (χ2v) is 2.73. The van der Waals surface area contributed by atoms with Gasteiger partial charge in [-0.2, -0.15) is 5.10 Å². The fraction of sp³-hybridized carbons (Fsp3) is 0.125. The van der Waals surface area contributed by atoms with E-state index in [1.807, 2.05) is 6.07 Å². The fourth-order valence-electron chi connectivity index (χ4n) is 1.05. The van der Waals surface area contributed by atoms with Crippen LogP contribution in [0, 0.1) is 0 Å². The molecule has 0 unspecified atom stereocenters. The van der Waals surface area contributed by atoms with E-state index in [1.165, 1.54) is 0 Å². The SMILES string of the molecule is Nc1nccnc1NCc1ccn[nH]1. The van der Waals surface area contributed by atoms with Gasteiger partial charge in [0.2, 0.25) is 0 Å². The van der Waals surface area contributed by atoms with Crippen molar-refractivity contribution in [3.05, 3.63) is 30.4 Å². The topological polar surface area (TPSA) is 92.5 Å². The molecule has 4 N–H and O–H groups in total. The third kappa shape index (κ3) is 1.79. The molecule has 0 aliphatic heterocycles. The molecule has 0 spiro atoms. The highest BCUT2D eigenvalue weighted by Gasteiger charge is 2.00. The highest BCUT2D eigenvalue weighted by atomic mass is 15.1. The maximum atomic E-state index is 5.60. The maximum Gasteiger partial charge on any atom is 0.169 e. The molecule has 0 radical (unpaired) electrons. The van der Waals surface area contributed by atoms with Crippen molar-refractivity contribution < 1.29 is 0 Å². The zero-order valence-corrected chi connectivity index (χ0v) is 7.44. The number of rotatable bonds is 3. The van der Waals surface area contributed by atoms with Crippen molar-refractivity contribution in [1.29, 1.82) is 0 Å². The Bertz CT molecular complexity index is 396. The molecule has 6 nitrogen and oxygen atoms in total. The van der Waals surface area contributed by atoms with E-state index in [1.54, 1.807) is 18.6 Å². The number of aromatic nitrogens is 4. The first-order valence-corrected chi connectivity index (χ1v) is 4.15. The number of hydrogen-bond acceptors (Lipinski definition) is 5. The molecule has 0 saturated heterocycles. The summed E-state index contributed by atoms with van der Waals surface area (Å²) in [5.41, 5.74) is 6.57. The van der Waals surface area contributed by atoms with E-state index in [9.17, 15) is 0 Å². The molecule has 2 aromatic heterocycles. The van der Waals surface area contributed by atoms with Gasteiger partial charge < -0.3 is 11.1 Å². The van der Waals surface area contributed by atoms with E-state index in [2.05, 4.69) is 25.5 Å². The maximum absolute atomic E-state index is 5.60. The van der Waals surface area contributed by atoms with Crippen LogP contribution < -0.4 is 11.1 Å². The van der Waals surface area contributed by atoms with Gasteiger partial charge >= 0.3 is 0 Å². The van der Waals surface area contributed by atoms with Gasteiger partial charge in [-0.25, -0.2) is 9.97 Å². The molecule has 6 heteroatoms. The van der Waals surface area contributed by atoms with Crippen molar-refractivity contribution in [2.75, 3.05) is 11.1 Å².